The molecule has 28 heavy (non-hydrogen) atoms. The van der Waals surface area contributed by atoms with E-state index in [1.165, 1.54) is 0 Å². The lowest BCUT2D eigenvalue weighted by atomic mass is 9.97. The van der Waals surface area contributed by atoms with Gasteiger partial charge in [0.05, 0.1) is 27.0 Å². The van der Waals surface area contributed by atoms with Crippen molar-refractivity contribution >= 4 is 17.2 Å². The van der Waals surface area contributed by atoms with E-state index in [1.807, 2.05) is 31.7 Å². The third-order valence-electron chi connectivity index (χ3n) is 5.05. The number of carbonyl (C=O) groups excluding carboxylic acids is 1. The first kappa shape index (κ1) is 18.7. The minimum absolute atomic E-state index is 0.0657. The Bertz CT molecular complexity index is 1020. The highest BCUT2D eigenvalue weighted by atomic mass is 32.1. The van der Waals surface area contributed by atoms with Gasteiger partial charge in [-0.2, -0.15) is 0 Å². The van der Waals surface area contributed by atoms with Gasteiger partial charge in [0.2, 0.25) is 5.76 Å². The normalized spacial score (nSPS) is 15.2. The van der Waals surface area contributed by atoms with Gasteiger partial charge in [0.25, 0.3) is 5.91 Å². The zero-order chi connectivity index (χ0) is 19.8. The summed E-state index contributed by atoms with van der Waals surface area (Å²) in [6, 6.07) is 1.93. The summed E-state index contributed by atoms with van der Waals surface area (Å²) in [6.45, 7) is 8.89. The van der Waals surface area contributed by atoms with Crippen LogP contribution in [-0.4, -0.2) is 43.8 Å². The van der Waals surface area contributed by atoms with Crippen LogP contribution >= 0.6 is 11.3 Å². The Labute approximate surface area is 167 Å². The van der Waals surface area contributed by atoms with Crippen molar-refractivity contribution in [1.29, 1.82) is 0 Å². The lowest BCUT2D eigenvalue weighted by Gasteiger charge is -2.30. The van der Waals surface area contributed by atoms with Crippen molar-refractivity contribution in [3.8, 4) is 10.6 Å². The minimum Gasteiger partial charge on any atom is -0.436 e. The van der Waals surface area contributed by atoms with Crippen molar-refractivity contribution in [2.75, 3.05) is 13.1 Å². The van der Waals surface area contributed by atoms with E-state index in [1.54, 1.807) is 24.5 Å². The molecule has 3 aromatic heterocycles. The number of hydrogen-bond donors (Lipinski definition) is 0. The van der Waals surface area contributed by atoms with Crippen molar-refractivity contribution in [2.45, 2.75) is 46.5 Å². The Morgan fingerprint density at radius 3 is 2.50 bits per heavy atom. The van der Waals surface area contributed by atoms with E-state index >= 15 is 0 Å². The molecule has 0 atom stereocenters. The fourth-order valence-electron chi connectivity index (χ4n) is 3.62. The van der Waals surface area contributed by atoms with E-state index in [4.69, 9.17) is 9.40 Å². The van der Waals surface area contributed by atoms with Crippen LogP contribution in [0.3, 0.4) is 0 Å². The standard InChI is InChI=1S/C20H23N5O2S/c1-11-17(27-14(4)22-11)20(26)25-9-6-15(7-10-25)19-23-12(2)18(28-19)16-5-8-21-13(3)24-16/h5,8,15H,6-7,9-10H2,1-4H3. The van der Waals surface area contributed by atoms with Gasteiger partial charge in [-0.05, 0) is 39.7 Å². The molecule has 1 saturated heterocycles. The zero-order valence-electron chi connectivity index (χ0n) is 16.5. The maximum Gasteiger partial charge on any atom is 0.291 e. The largest absolute Gasteiger partial charge is 0.436 e. The lowest BCUT2D eigenvalue weighted by molar-refractivity contribution is 0.0678. The predicted molar refractivity (Wildman–Crippen MR) is 106 cm³/mol. The first-order chi connectivity index (χ1) is 13.4. The molecule has 4 rings (SSSR count). The minimum atomic E-state index is -0.0657. The van der Waals surface area contributed by atoms with E-state index in [2.05, 4.69) is 15.0 Å². The Kier molecular flexibility index (Phi) is 4.97. The highest BCUT2D eigenvalue weighted by Crippen LogP contribution is 2.36. The fraction of sp³-hybridized carbons (Fsp3) is 0.450. The van der Waals surface area contributed by atoms with E-state index in [9.17, 15) is 4.79 Å². The number of amides is 1. The Hall–Kier alpha value is -2.61. The van der Waals surface area contributed by atoms with Gasteiger partial charge in [-0.3, -0.25) is 4.79 Å². The molecule has 0 aliphatic carbocycles. The highest BCUT2D eigenvalue weighted by molar-refractivity contribution is 7.15. The number of piperidine rings is 1. The van der Waals surface area contributed by atoms with Gasteiger partial charge in [0.1, 0.15) is 5.82 Å². The van der Waals surface area contributed by atoms with Gasteiger partial charge in [0, 0.05) is 32.1 Å². The monoisotopic (exact) mass is 397 g/mol. The Morgan fingerprint density at radius 1 is 1.11 bits per heavy atom. The summed E-state index contributed by atoms with van der Waals surface area (Å²) >= 11 is 1.71. The number of rotatable bonds is 3. The molecule has 4 heterocycles. The van der Waals surface area contributed by atoms with Crippen molar-refractivity contribution in [2.24, 2.45) is 0 Å². The average Bonchev–Trinajstić information content (AvgIpc) is 3.23. The number of oxazole rings is 1. The summed E-state index contributed by atoms with van der Waals surface area (Å²) in [7, 11) is 0. The molecule has 146 valence electrons. The summed E-state index contributed by atoms with van der Waals surface area (Å²) < 4.78 is 5.49. The highest BCUT2D eigenvalue weighted by Gasteiger charge is 2.29. The SMILES string of the molecule is Cc1nccc(-c2sc(C3CCN(C(=O)c4oc(C)nc4C)CC3)nc2C)n1. The summed E-state index contributed by atoms with van der Waals surface area (Å²) in [5.74, 6) is 1.95. The molecule has 0 unspecified atom stereocenters. The number of likely N-dealkylation sites (tertiary alicyclic amines) is 1. The summed E-state index contributed by atoms with van der Waals surface area (Å²) in [5.41, 5.74) is 2.59. The van der Waals surface area contributed by atoms with E-state index in [-0.39, 0.29) is 5.91 Å². The van der Waals surface area contributed by atoms with Gasteiger partial charge in [-0.25, -0.2) is 19.9 Å². The molecule has 7 nitrogen and oxygen atoms in total. The Balaban J connectivity index is 1.46. The fourth-order valence-corrected chi connectivity index (χ4v) is 4.82. The topological polar surface area (TPSA) is 85.0 Å². The summed E-state index contributed by atoms with van der Waals surface area (Å²) in [5, 5.41) is 1.13. The van der Waals surface area contributed by atoms with Crippen LogP contribution in [0.25, 0.3) is 10.6 Å². The van der Waals surface area contributed by atoms with Gasteiger partial charge < -0.3 is 9.32 Å². The lowest BCUT2D eigenvalue weighted by Crippen LogP contribution is -2.38. The number of nitrogens with zero attached hydrogens (tertiary/aromatic N) is 5. The second kappa shape index (κ2) is 7.43. The molecule has 8 heteroatoms. The maximum atomic E-state index is 12.7. The predicted octanol–water partition coefficient (Wildman–Crippen LogP) is 3.84. The number of thiazole rings is 1. The molecule has 0 spiro atoms. The molecule has 0 saturated carbocycles. The quantitative estimate of drug-likeness (QED) is 0.667. The van der Waals surface area contributed by atoms with Crippen molar-refractivity contribution in [3.63, 3.8) is 0 Å². The number of hydrogen-bond acceptors (Lipinski definition) is 7. The van der Waals surface area contributed by atoms with Gasteiger partial charge >= 0.3 is 0 Å². The summed E-state index contributed by atoms with van der Waals surface area (Å²) in [4.78, 5) is 33.4. The van der Waals surface area contributed by atoms with E-state index < -0.39 is 0 Å². The van der Waals surface area contributed by atoms with Crippen LogP contribution in [-0.2, 0) is 0 Å². The van der Waals surface area contributed by atoms with Crippen LogP contribution in [0.15, 0.2) is 16.7 Å². The van der Waals surface area contributed by atoms with Gasteiger partial charge in [0.15, 0.2) is 5.89 Å². The van der Waals surface area contributed by atoms with Crippen molar-refractivity contribution < 1.29 is 9.21 Å². The maximum absolute atomic E-state index is 12.7. The number of aromatic nitrogens is 4. The molecule has 1 aliphatic rings. The van der Waals surface area contributed by atoms with E-state index in [0.717, 1.165) is 39.9 Å². The first-order valence-electron chi connectivity index (χ1n) is 9.43. The Morgan fingerprint density at radius 2 is 1.86 bits per heavy atom. The molecule has 0 radical (unpaired) electrons. The summed E-state index contributed by atoms with van der Waals surface area (Å²) in [6.07, 6.45) is 3.58. The third-order valence-corrected chi connectivity index (χ3v) is 6.39. The number of carbonyl (C=O) groups is 1. The van der Waals surface area contributed by atoms with E-state index in [0.29, 0.717) is 36.4 Å². The molecule has 1 amide bonds. The van der Waals surface area contributed by atoms with Crippen LogP contribution < -0.4 is 0 Å². The average molecular weight is 398 g/mol. The molecule has 0 aromatic carbocycles. The van der Waals surface area contributed by atoms with Crippen molar-refractivity contribution in [1.82, 2.24) is 24.8 Å². The van der Waals surface area contributed by atoms with Crippen LogP contribution in [0.1, 0.15) is 57.4 Å². The molecule has 0 N–H and O–H groups in total. The second-order valence-electron chi connectivity index (χ2n) is 7.17. The molecular weight excluding hydrogens is 374 g/mol. The molecule has 1 aliphatic heterocycles. The van der Waals surface area contributed by atoms with Crippen LogP contribution in [0.4, 0.5) is 0 Å². The van der Waals surface area contributed by atoms with Crippen LogP contribution in [0.5, 0.6) is 0 Å². The second-order valence-corrected chi connectivity index (χ2v) is 8.20. The van der Waals surface area contributed by atoms with Crippen LogP contribution in [0, 0.1) is 27.7 Å². The molecular formula is C20H23N5O2S. The molecule has 3 aromatic rings. The molecule has 1 fully saturated rings. The molecule has 0 bridgehead atoms. The zero-order valence-corrected chi connectivity index (χ0v) is 17.3. The van der Waals surface area contributed by atoms with Crippen LogP contribution in [0.2, 0.25) is 0 Å². The first-order valence-corrected chi connectivity index (χ1v) is 10.2. The van der Waals surface area contributed by atoms with Gasteiger partial charge in [-0.1, -0.05) is 0 Å². The smallest absolute Gasteiger partial charge is 0.291 e. The van der Waals surface area contributed by atoms with Gasteiger partial charge in [-0.15, -0.1) is 11.3 Å². The van der Waals surface area contributed by atoms with Crippen molar-refractivity contribution in [3.05, 3.63) is 46.1 Å². The third kappa shape index (κ3) is 3.56. The number of aryl methyl sites for hydroxylation is 4.